The van der Waals surface area contributed by atoms with Gasteiger partial charge in [0.05, 0.1) is 0 Å². The summed E-state index contributed by atoms with van der Waals surface area (Å²) >= 11 is 0. The summed E-state index contributed by atoms with van der Waals surface area (Å²) in [5, 5.41) is 3.52. The van der Waals surface area contributed by atoms with Crippen molar-refractivity contribution in [3.05, 3.63) is 59.2 Å². The second-order valence-electron chi connectivity index (χ2n) is 8.03. The lowest BCUT2D eigenvalue weighted by molar-refractivity contribution is 0.125. The third-order valence-electron chi connectivity index (χ3n) is 6.55. The highest BCUT2D eigenvalue weighted by atomic mass is 15.2. The number of benzene rings is 2. The van der Waals surface area contributed by atoms with E-state index >= 15 is 0 Å². The van der Waals surface area contributed by atoms with Gasteiger partial charge in [0.25, 0.3) is 0 Å². The Morgan fingerprint density at radius 1 is 0.880 bits per heavy atom. The van der Waals surface area contributed by atoms with E-state index in [-0.39, 0.29) is 0 Å². The Labute approximate surface area is 151 Å². The van der Waals surface area contributed by atoms with E-state index in [1.807, 2.05) is 0 Å². The third-order valence-corrected chi connectivity index (χ3v) is 6.55. The van der Waals surface area contributed by atoms with Gasteiger partial charge in [0.1, 0.15) is 0 Å². The standard InChI is InChI=1S/C23H28N2/c1-2-6-17(5-1)23(25-13-11-24-12-14-25)19-9-10-22-20(16-19)15-18-7-3-4-8-21(18)22/h3-4,7-10,16-17,23-24H,1-2,5-6,11-15H2/t23-/m0/s1. The van der Waals surface area contributed by atoms with Crippen LogP contribution < -0.4 is 5.32 Å². The van der Waals surface area contributed by atoms with E-state index in [2.05, 4.69) is 52.7 Å². The molecule has 0 spiro atoms. The van der Waals surface area contributed by atoms with Gasteiger partial charge >= 0.3 is 0 Å². The molecule has 0 aromatic heterocycles. The largest absolute Gasteiger partial charge is 0.314 e. The lowest BCUT2D eigenvalue weighted by Crippen LogP contribution is -2.46. The summed E-state index contributed by atoms with van der Waals surface area (Å²) in [5.74, 6) is 0.847. The lowest BCUT2D eigenvalue weighted by Gasteiger charge is -2.39. The molecule has 2 heteroatoms. The van der Waals surface area contributed by atoms with E-state index in [9.17, 15) is 0 Å². The van der Waals surface area contributed by atoms with Gasteiger partial charge in [-0.2, -0.15) is 0 Å². The SMILES string of the molecule is c1ccc2c(c1)Cc1cc([C@H](C3CCCC3)N3CCNCC3)ccc1-2. The highest BCUT2D eigenvalue weighted by Crippen LogP contribution is 2.43. The first-order chi connectivity index (χ1) is 12.4. The van der Waals surface area contributed by atoms with Gasteiger partial charge in [-0.15, -0.1) is 0 Å². The normalized spacial score (nSPS) is 21.9. The third kappa shape index (κ3) is 2.82. The topological polar surface area (TPSA) is 15.3 Å². The monoisotopic (exact) mass is 332 g/mol. The zero-order valence-corrected chi connectivity index (χ0v) is 15.0. The molecular formula is C23H28N2. The van der Waals surface area contributed by atoms with Crippen molar-refractivity contribution < 1.29 is 0 Å². The van der Waals surface area contributed by atoms with Crippen LogP contribution >= 0.6 is 0 Å². The lowest BCUT2D eigenvalue weighted by atomic mass is 9.88. The highest BCUT2D eigenvalue weighted by Gasteiger charge is 2.32. The first-order valence-corrected chi connectivity index (χ1v) is 10.1. The van der Waals surface area contributed by atoms with Gasteiger partial charge in [0.2, 0.25) is 0 Å². The van der Waals surface area contributed by atoms with E-state index in [4.69, 9.17) is 0 Å². The number of rotatable bonds is 3. The molecule has 1 saturated carbocycles. The summed E-state index contributed by atoms with van der Waals surface area (Å²) in [7, 11) is 0. The van der Waals surface area contributed by atoms with Crippen molar-refractivity contribution in [1.82, 2.24) is 10.2 Å². The molecule has 1 saturated heterocycles. The minimum absolute atomic E-state index is 0.624. The molecule has 0 amide bonds. The Kier molecular flexibility index (Phi) is 4.11. The summed E-state index contributed by atoms with van der Waals surface area (Å²) in [6.45, 7) is 4.66. The molecule has 1 atom stereocenters. The van der Waals surface area contributed by atoms with Gasteiger partial charge in [0.15, 0.2) is 0 Å². The van der Waals surface area contributed by atoms with Crippen LogP contribution in [0, 0.1) is 5.92 Å². The molecule has 3 aliphatic rings. The van der Waals surface area contributed by atoms with Gasteiger partial charge in [-0.1, -0.05) is 55.3 Å². The van der Waals surface area contributed by atoms with Crippen molar-refractivity contribution in [3.63, 3.8) is 0 Å². The Balaban J connectivity index is 1.50. The molecule has 0 radical (unpaired) electrons. The molecule has 2 aromatic carbocycles. The van der Waals surface area contributed by atoms with Crippen LogP contribution in [0.25, 0.3) is 11.1 Å². The van der Waals surface area contributed by atoms with Crippen LogP contribution in [0.4, 0.5) is 0 Å². The molecule has 0 bridgehead atoms. The quantitative estimate of drug-likeness (QED) is 0.765. The van der Waals surface area contributed by atoms with E-state index < -0.39 is 0 Å². The summed E-state index contributed by atoms with van der Waals surface area (Å²) < 4.78 is 0. The minimum Gasteiger partial charge on any atom is -0.314 e. The first kappa shape index (κ1) is 15.6. The van der Waals surface area contributed by atoms with E-state index in [1.165, 1.54) is 61.0 Å². The summed E-state index contributed by atoms with van der Waals surface area (Å²) in [4.78, 5) is 2.76. The molecule has 2 fully saturated rings. The van der Waals surface area contributed by atoms with Crippen LogP contribution in [0.2, 0.25) is 0 Å². The molecule has 130 valence electrons. The van der Waals surface area contributed by atoms with Crippen molar-refractivity contribution in [2.45, 2.75) is 38.1 Å². The predicted octanol–water partition coefficient (Wildman–Crippen LogP) is 4.39. The molecule has 1 aliphatic heterocycles. The molecular weight excluding hydrogens is 304 g/mol. The number of nitrogens with zero attached hydrogens (tertiary/aromatic N) is 1. The highest BCUT2D eigenvalue weighted by molar-refractivity contribution is 5.77. The van der Waals surface area contributed by atoms with Crippen LogP contribution in [-0.4, -0.2) is 31.1 Å². The molecule has 25 heavy (non-hydrogen) atoms. The van der Waals surface area contributed by atoms with Crippen LogP contribution in [0.1, 0.15) is 48.4 Å². The molecule has 2 nitrogen and oxygen atoms in total. The number of fused-ring (bicyclic) bond motifs is 3. The predicted molar refractivity (Wildman–Crippen MR) is 104 cm³/mol. The second kappa shape index (κ2) is 6.59. The minimum atomic E-state index is 0.624. The second-order valence-corrected chi connectivity index (χ2v) is 8.03. The van der Waals surface area contributed by atoms with Gasteiger partial charge in [-0.05, 0) is 53.0 Å². The van der Waals surface area contributed by atoms with Gasteiger partial charge in [-0.25, -0.2) is 0 Å². The maximum absolute atomic E-state index is 3.52. The fourth-order valence-corrected chi connectivity index (χ4v) is 5.36. The molecule has 0 unspecified atom stereocenters. The molecule has 1 heterocycles. The van der Waals surface area contributed by atoms with Gasteiger partial charge in [0, 0.05) is 32.2 Å². The Hall–Kier alpha value is -1.64. The summed E-state index contributed by atoms with van der Waals surface area (Å²) in [5.41, 5.74) is 7.51. The molecule has 2 aromatic rings. The zero-order valence-electron chi connectivity index (χ0n) is 15.0. The van der Waals surface area contributed by atoms with Gasteiger partial charge in [-0.3, -0.25) is 4.90 Å². The van der Waals surface area contributed by atoms with E-state index in [1.54, 1.807) is 5.56 Å². The van der Waals surface area contributed by atoms with Crippen molar-refractivity contribution >= 4 is 0 Å². The maximum atomic E-state index is 3.52. The van der Waals surface area contributed by atoms with Crippen LogP contribution in [0.3, 0.4) is 0 Å². The van der Waals surface area contributed by atoms with Crippen molar-refractivity contribution in [3.8, 4) is 11.1 Å². The number of nitrogens with one attached hydrogen (secondary N) is 1. The molecule has 1 N–H and O–H groups in total. The number of hydrogen-bond acceptors (Lipinski definition) is 2. The Morgan fingerprint density at radius 2 is 1.64 bits per heavy atom. The summed E-state index contributed by atoms with van der Waals surface area (Å²) in [6.07, 6.45) is 6.77. The van der Waals surface area contributed by atoms with Crippen molar-refractivity contribution in [2.75, 3.05) is 26.2 Å². The van der Waals surface area contributed by atoms with Crippen LogP contribution in [0.5, 0.6) is 0 Å². The molecule has 5 rings (SSSR count). The summed E-state index contributed by atoms with van der Waals surface area (Å²) in [6, 6.07) is 16.9. The Morgan fingerprint density at radius 3 is 2.48 bits per heavy atom. The fraction of sp³-hybridized carbons (Fsp3) is 0.478. The van der Waals surface area contributed by atoms with E-state index in [0.29, 0.717) is 6.04 Å². The van der Waals surface area contributed by atoms with Crippen LogP contribution in [-0.2, 0) is 6.42 Å². The van der Waals surface area contributed by atoms with E-state index in [0.717, 1.165) is 25.4 Å². The maximum Gasteiger partial charge on any atom is 0.0377 e. The number of piperazine rings is 1. The van der Waals surface area contributed by atoms with Crippen molar-refractivity contribution in [1.29, 1.82) is 0 Å². The average molecular weight is 332 g/mol. The average Bonchev–Trinajstić information content (AvgIpc) is 3.30. The molecule has 2 aliphatic carbocycles. The zero-order chi connectivity index (χ0) is 16.6. The van der Waals surface area contributed by atoms with Crippen molar-refractivity contribution in [2.24, 2.45) is 5.92 Å². The fourth-order valence-electron chi connectivity index (χ4n) is 5.36. The van der Waals surface area contributed by atoms with Crippen LogP contribution in [0.15, 0.2) is 42.5 Å². The smallest absolute Gasteiger partial charge is 0.0377 e. The first-order valence-electron chi connectivity index (χ1n) is 10.1. The number of hydrogen-bond donors (Lipinski definition) is 1. The Bertz CT molecular complexity index is 754. The van der Waals surface area contributed by atoms with Gasteiger partial charge < -0.3 is 5.32 Å².